The molecule has 1 saturated heterocycles. The molecule has 142 valence electrons. The van der Waals surface area contributed by atoms with Crippen LogP contribution in [0, 0.1) is 11.8 Å². The van der Waals surface area contributed by atoms with Gasteiger partial charge in [-0.3, -0.25) is 4.79 Å². The number of benzene rings is 1. The van der Waals surface area contributed by atoms with Crippen LogP contribution in [0.1, 0.15) is 32.1 Å². The Morgan fingerprint density at radius 1 is 1.38 bits per heavy atom. The molecule has 2 aliphatic rings. The largest absolute Gasteiger partial charge is 0.381 e. The quantitative estimate of drug-likeness (QED) is 0.613. The number of thiocarbonyl (C=S) groups is 1. The lowest BCUT2D eigenvalue weighted by Crippen LogP contribution is -2.53. The molecular weight excluding hydrogens is 414 g/mol. The lowest BCUT2D eigenvalue weighted by molar-refractivity contribution is -0.131. The van der Waals surface area contributed by atoms with Crippen LogP contribution in [0.15, 0.2) is 28.7 Å². The lowest BCUT2D eigenvalue weighted by atomic mass is 9.74. The van der Waals surface area contributed by atoms with Gasteiger partial charge in [0.15, 0.2) is 5.11 Å². The van der Waals surface area contributed by atoms with Crippen LogP contribution in [-0.2, 0) is 9.53 Å². The number of hydrogen-bond donors (Lipinski definition) is 3. The number of hydrogen-bond acceptors (Lipinski definition) is 3. The van der Waals surface area contributed by atoms with E-state index < -0.39 is 0 Å². The van der Waals surface area contributed by atoms with E-state index in [-0.39, 0.29) is 24.0 Å². The van der Waals surface area contributed by atoms with Crippen molar-refractivity contribution >= 4 is 44.9 Å². The number of carbonyl (C=O) groups excluding carboxylic acids is 1. The third-order valence-corrected chi connectivity index (χ3v) is 6.16. The molecule has 1 saturated carbocycles. The lowest BCUT2D eigenvalue weighted by Gasteiger charge is -2.41. The Morgan fingerprint density at radius 2 is 2.23 bits per heavy atom. The number of piperidine rings is 1. The summed E-state index contributed by atoms with van der Waals surface area (Å²) in [6.45, 7) is 0.690. The van der Waals surface area contributed by atoms with Crippen molar-refractivity contribution in [2.24, 2.45) is 11.8 Å². The summed E-state index contributed by atoms with van der Waals surface area (Å²) in [5, 5.41) is 10.2. The smallest absolute Gasteiger partial charge is 0.223 e. The highest BCUT2D eigenvalue weighted by Crippen LogP contribution is 2.35. The Kier molecular flexibility index (Phi) is 6.89. The molecule has 0 aromatic heterocycles. The van der Waals surface area contributed by atoms with Crippen LogP contribution in [0.5, 0.6) is 0 Å². The van der Waals surface area contributed by atoms with E-state index in [0.29, 0.717) is 17.6 Å². The molecule has 7 heteroatoms. The van der Waals surface area contributed by atoms with E-state index in [1.807, 2.05) is 24.3 Å². The molecule has 1 aliphatic carbocycles. The Morgan fingerprint density at radius 3 is 3.00 bits per heavy atom. The van der Waals surface area contributed by atoms with Gasteiger partial charge >= 0.3 is 0 Å². The third-order valence-electron chi connectivity index (χ3n) is 5.43. The number of nitrogens with one attached hydrogen (secondary N) is 3. The first kappa shape index (κ1) is 19.6. The number of halogens is 1. The SMILES string of the molecule is COC1CCC2CC(CCNC(=S)Nc3cccc(Br)c3)C(=O)NC2C1. The highest BCUT2D eigenvalue weighted by Gasteiger charge is 2.39. The number of methoxy groups -OCH3 is 1. The van der Waals surface area contributed by atoms with Gasteiger partial charge in [-0.05, 0) is 68.4 Å². The Balaban J connectivity index is 1.42. The minimum Gasteiger partial charge on any atom is -0.381 e. The van der Waals surface area contributed by atoms with Crippen LogP contribution in [-0.4, -0.2) is 36.8 Å². The maximum absolute atomic E-state index is 12.4. The van der Waals surface area contributed by atoms with Crippen molar-refractivity contribution in [2.45, 2.75) is 44.2 Å². The minimum absolute atomic E-state index is 0.0662. The van der Waals surface area contributed by atoms with Gasteiger partial charge in [0.05, 0.1) is 6.10 Å². The first-order valence-corrected chi connectivity index (χ1v) is 10.4. The molecule has 1 heterocycles. The molecule has 0 bridgehead atoms. The highest BCUT2D eigenvalue weighted by molar-refractivity contribution is 9.10. The van der Waals surface area contributed by atoms with Crippen molar-refractivity contribution in [3.63, 3.8) is 0 Å². The fourth-order valence-corrected chi connectivity index (χ4v) is 4.61. The van der Waals surface area contributed by atoms with E-state index in [0.717, 1.165) is 42.3 Å². The Hall–Kier alpha value is -1.18. The fourth-order valence-electron chi connectivity index (χ4n) is 3.99. The zero-order chi connectivity index (χ0) is 18.5. The molecule has 5 nitrogen and oxygen atoms in total. The second kappa shape index (κ2) is 9.15. The number of amides is 1. The summed E-state index contributed by atoms with van der Waals surface area (Å²) in [5.41, 5.74) is 0.935. The van der Waals surface area contributed by atoms with Crippen LogP contribution in [0.25, 0.3) is 0 Å². The highest BCUT2D eigenvalue weighted by atomic mass is 79.9. The van der Waals surface area contributed by atoms with Crippen molar-refractivity contribution in [3.8, 4) is 0 Å². The molecule has 0 radical (unpaired) electrons. The first-order chi connectivity index (χ1) is 12.5. The molecule has 3 N–H and O–H groups in total. The zero-order valence-electron chi connectivity index (χ0n) is 15.0. The van der Waals surface area contributed by atoms with Gasteiger partial charge in [0.1, 0.15) is 0 Å². The predicted molar refractivity (Wildman–Crippen MR) is 111 cm³/mol. The van der Waals surface area contributed by atoms with Crippen molar-refractivity contribution in [1.29, 1.82) is 0 Å². The third kappa shape index (κ3) is 5.18. The van der Waals surface area contributed by atoms with Crippen molar-refractivity contribution in [2.75, 3.05) is 19.0 Å². The van der Waals surface area contributed by atoms with Gasteiger partial charge in [0, 0.05) is 35.8 Å². The van der Waals surface area contributed by atoms with Gasteiger partial charge in [0.25, 0.3) is 0 Å². The van der Waals surface area contributed by atoms with Crippen molar-refractivity contribution in [3.05, 3.63) is 28.7 Å². The minimum atomic E-state index is 0.0662. The Bertz CT molecular complexity index is 657. The van der Waals surface area contributed by atoms with Crippen LogP contribution in [0.3, 0.4) is 0 Å². The van der Waals surface area contributed by atoms with Gasteiger partial charge in [-0.15, -0.1) is 0 Å². The molecule has 1 aromatic carbocycles. The van der Waals surface area contributed by atoms with Crippen LogP contribution in [0.4, 0.5) is 5.69 Å². The molecule has 4 unspecified atom stereocenters. The van der Waals surface area contributed by atoms with Gasteiger partial charge in [-0.25, -0.2) is 0 Å². The molecule has 1 amide bonds. The molecule has 4 atom stereocenters. The van der Waals surface area contributed by atoms with Gasteiger partial charge in [-0.1, -0.05) is 22.0 Å². The standard InChI is InChI=1S/C19H26BrN3O2S/c1-25-16-6-5-12-9-13(18(24)23-17(12)11-16)7-8-21-19(26)22-15-4-2-3-14(20)10-15/h2-4,10,12-13,16-17H,5-9,11H2,1H3,(H,23,24)(H2,21,22,26). The van der Waals surface area contributed by atoms with Crippen molar-refractivity contribution < 1.29 is 9.53 Å². The number of fused-ring (bicyclic) bond motifs is 1. The average molecular weight is 440 g/mol. The summed E-state index contributed by atoms with van der Waals surface area (Å²) in [7, 11) is 1.76. The maximum atomic E-state index is 12.4. The number of ether oxygens (including phenoxy) is 1. The molecule has 3 rings (SSSR count). The molecule has 26 heavy (non-hydrogen) atoms. The second-order valence-corrected chi connectivity index (χ2v) is 8.48. The van der Waals surface area contributed by atoms with Gasteiger partial charge in [-0.2, -0.15) is 0 Å². The van der Waals surface area contributed by atoms with E-state index in [1.165, 1.54) is 0 Å². The number of carbonyl (C=O) groups is 1. The molecule has 1 aliphatic heterocycles. The van der Waals surface area contributed by atoms with E-state index >= 15 is 0 Å². The topological polar surface area (TPSA) is 62.4 Å². The Labute approximate surface area is 168 Å². The van der Waals surface area contributed by atoms with Crippen LogP contribution >= 0.6 is 28.1 Å². The molecule has 2 fully saturated rings. The van der Waals surface area contributed by atoms with E-state index in [4.69, 9.17) is 17.0 Å². The van der Waals surface area contributed by atoms with Crippen LogP contribution in [0.2, 0.25) is 0 Å². The summed E-state index contributed by atoms with van der Waals surface area (Å²) in [6, 6.07) is 8.14. The first-order valence-electron chi connectivity index (χ1n) is 9.18. The fraction of sp³-hybridized carbons (Fsp3) is 0.579. The summed E-state index contributed by atoms with van der Waals surface area (Å²) in [5.74, 6) is 0.822. The molecule has 1 aromatic rings. The second-order valence-electron chi connectivity index (χ2n) is 7.16. The normalized spacial score (nSPS) is 28.0. The summed E-state index contributed by atoms with van der Waals surface area (Å²) in [4.78, 5) is 12.4. The average Bonchev–Trinajstić information content (AvgIpc) is 2.61. The molecular formula is C19H26BrN3O2S. The summed E-state index contributed by atoms with van der Waals surface area (Å²) in [6.07, 6.45) is 5.23. The van der Waals surface area contributed by atoms with Crippen LogP contribution < -0.4 is 16.0 Å². The number of anilines is 1. The van der Waals surface area contributed by atoms with E-state index in [9.17, 15) is 4.79 Å². The maximum Gasteiger partial charge on any atom is 0.223 e. The van der Waals surface area contributed by atoms with E-state index in [1.54, 1.807) is 7.11 Å². The molecule has 0 spiro atoms. The van der Waals surface area contributed by atoms with Crippen molar-refractivity contribution in [1.82, 2.24) is 10.6 Å². The summed E-state index contributed by atoms with van der Waals surface area (Å²) < 4.78 is 6.47. The van der Waals surface area contributed by atoms with Gasteiger partial charge < -0.3 is 20.7 Å². The van der Waals surface area contributed by atoms with Gasteiger partial charge in [0.2, 0.25) is 5.91 Å². The van der Waals surface area contributed by atoms with E-state index in [2.05, 4.69) is 31.9 Å². The predicted octanol–water partition coefficient (Wildman–Crippen LogP) is 3.45. The monoisotopic (exact) mass is 439 g/mol. The summed E-state index contributed by atoms with van der Waals surface area (Å²) >= 11 is 8.79. The number of rotatable bonds is 5. The zero-order valence-corrected chi connectivity index (χ0v) is 17.4.